The first-order chi connectivity index (χ1) is 22.7. The van der Waals surface area contributed by atoms with Crippen molar-refractivity contribution in [3.63, 3.8) is 0 Å². The van der Waals surface area contributed by atoms with Gasteiger partial charge >= 0.3 is 0 Å². The van der Waals surface area contributed by atoms with Gasteiger partial charge in [0.05, 0.1) is 21.0 Å². The van der Waals surface area contributed by atoms with Crippen LogP contribution in [0.15, 0.2) is 81.8 Å². The molecule has 0 bridgehead atoms. The Kier molecular flexibility index (Phi) is 11.5. The van der Waals surface area contributed by atoms with Gasteiger partial charge in [-0.3, -0.25) is 13.7 Å². The van der Waals surface area contributed by atoms with Gasteiger partial charge in [-0.15, -0.1) is 0 Å². The number of rotatable bonds is 15. The molecule has 49 heavy (non-hydrogen) atoms. The van der Waals surface area contributed by atoms with E-state index in [1.54, 1.807) is 26.4 Å². The number of nitrogens with zero attached hydrogens (tertiary/aromatic N) is 1. The minimum atomic E-state index is -4.53. The highest BCUT2D eigenvalue weighted by Crippen LogP contribution is 2.47. The van der Waals surface area contributed by atoms with E-state index in [-0.39, 0.29) is 22.6 Å². The number of allylic oxidation sites excluding steroid dienone is 6. The monoisotopic (exact) mass is 739 g/mol. The van der Waals surface area contributed by atoms with Crippen LogP contribution in [0.5, 0.6) is 0 Å². The van der Waals surface area contributed by atoms with Gasteiger partial charge in [0.25, 0.3) is 30.4 Å². The molecule has 0 amide bonds. The summed E-state index contributed by atoms with van der Waals surface area (Å²) in [7, 11) is -10.1. The number of fused-ring (bicyclic) bond motifs is 2. The second-order valence-electron chi connectivity index (χ2n) is 12.6. The molecule has 2 aliphatic rings. The summed E-state index contributed by atoms with van der Waals surface area (Å²) >= 11 is 0. The van der Waals surface area contributed by atoms with Crippen LogP contribution in [0.2, 0.25) is 0 Å². The molecule has 0 saturated heterocycles. The van der Waals surface area contributed by atoms with Crippen molar-refractivity contribution in [2.24, 2.45) is 0 Å². The third-order valence-corrected chi connectivity index (χ3v) is 11.7. The fraction of sp³-hybridized carbons (Fsp3) is 0.424. The summed E-state index contributed by atoms with van der Waals surface area (Å²) in [4.78, 5) is -0.499. The highest BCUT2D eigenvalue weighted by atomic mass is 32.2. The van der Waals surface area contributed by atoms with Crippen molar-refractivity contribution in [3.8, 4) is 0 Å². The first-order valence-corrected chi connectivity index (χ1v) is 19.9. The Labute approximate surface area is 288 Å². The zero-order valence-corrected chi connectivity index (χ0v) is 30.5. The summed E-state index contributed by atoms with van der Waals surface area (Å²) in [6, 6.07) is 8.71. The van der Waals surface area contributed by atoms with E-state index >= 15 is 0 Å². The first-order valence-electron chi connectivity index (χ1n) is 15.4. The van der Waals surface area contributed by atoms with Gasteiger partial charge in [0, 0.05) is 55.3 Å². The maximum absolute atomic E-state index is 12.1. The van der Waals surface area contributed by atoms with Gasteiger partial charge in [-0.25, -0.2) is 0 Å². The molecule has 0 spiro atoms. The summed E-state index contributed by atoms with van der Waals surface area (Å²) in [5.74, 6) is -0.486. The Bertz CT molecular complexity index is 2070. The van der Waals surface area contributed by atoms with E-state index in [2.05, 4.69) is 5.32 Å². The van der Waals surface area contributed by atoms with E-state index in [4.69, 9.17) is 9.47 Å². The molecule has 2 unspecified atom stereocenters. The van der Waals surface area contributed by atoms with E-state index in [1.165, 1.54) is 24.3 Å². The Morgan fingerprint density at radius 1 is 0.857 bits per heavy atom. The third-order valence-electron chi connectivity index (χ3n) is 9.18. The molecule has 16 heteroatoms. The molecule has 268 valence electrons. The minimum absolute atomic E-state index is 0.0762. The Morgan fingerprint density at radius 3 is 2.06 bits per heavy atom. The highest BCUT2D eigenvalue weighted by Gasteiger charge is 2.48. The summed E-state index contributed by atoms with van der Waals surface area (Å²) in [6.07, 6.45) is 8.35. The van der Waals surface area contributed by atoms with Gasteiger partial charge in [-0.2, -0.15) is 29.8 Å². The molecule has 2 atom stereocenters. The lowest BCUT2D eigenvalue weighted by Gasteiger charge is -2.26. The van der Waals surface area contributed by atoms with Crippen molar-refractivity contribution < 1.29 is 53.0 Å². The lowest BCUT2D eigenvalue weighted by Crippen LogP contribution is -2.32. The van der Waals surface area contributed by atoms with Crippen LogP contribution in [0.3, 0.4) is 0 Å². The molecule has 13 nitrogen and oxygen atoms in total. The molecule has 4 N–H and O–H groups in total. The molecule has 0 fully saturated rings. The maximum Gasteiger partial charge on any atom is 0.294 e. The quantitative estimate of drug-likeness (QED) is 0.112. The average Bonchev–Trinajstić information content (AvgIpc) is 3.41. The van der Waals surface area contributed by atoms with Crippen molar-refractivity contribution in [3.05, 3.63) is 83.1 Å². The van der Waals surface area contributed by atoms with Crippen LogP contribution in [0.25, 0.3) is 0 Å². The second kappa shape index (κ2) is 14.6. The van der Waals surface area contributed by atoms with Crippen molar-refractivity contribution in [1.82, 2.24) is 0 Å². The minimum Gasteiger partial charge on any atom is -0.385 e. The topological polar surface area (TPSA) is 197 Å². The Morgan fingerprint density at radius 2 is 1.47 bits per heavy atom. The standard InChI is InChI=1S/C33H42N2O11S3/c1-23(7-13-30-32(2,16-18-45-4)26-21-24(48(39,40)41)9-11-28(26)34-30)8-14-31-33(3,15-6-20-47(36,37)38)27-22-25(49(42,43)44)10-12-29(27)35(31)17-19-46-5/h7-14,21-22H,6,15-20H2,1-5H3,(H3,36,37,38,39,40,41,42,43,44)/p+1. The molecule has 4 rings (SSSR count). The molecule has 2 aromatic rings. The molecule has 0 radical (unpaired) electrons. The summed E-state index contributed by atoms with van der Waals surface area (Å²) < 4.78 is 113. The van der Waals surface area contributed by atoms with Crippen molar-refractivity contribution >= 4 is 47.4 Å². The molecular formula is C33H43N2O11S3+. The first kappa shape index (κ1) is 38.6. The van der Waals surface area contributed by atoms with Gasteiger partial charge in [-0.05, 0) is 82.0 Å². The predicted molar refractivity (Wildman–Crippen MR) is 186 cm³/mol. The summed E-state index contributed by atoms with van der Waals surface area (Å²) in [6.45, 7) is 6.80. The fourth-order valence-electron chi connectivity index (χ4n) is 6.45. The largest absolute Gasteiger partial charge is 0.385 e. The summed E-state index contributed by atoms with van der Waals surface area (Å²) in [5.41, 5.74) is 3.40. The van der Waals surface area contributed by atoms with Gasteiger partial charge in [0.2, 0.25) is 5.69 Å². The Balaban J connectivity index is 1.77. The van der Waals surface area contributed by atoms with E-state index in [1.807, 2.05) is 49.7 Å². The van der Waals surface area contributed by atoms with Gasteiger partial charge < -0.3 is 14.8 Å². The molecular weight excluding hydrogens is 697 g/mol. The van der Waals surface area contributed by atoms with Crippen molar-refractivity contribution in [2.45, 2.75) is 60.7 Å². The summed E-state index contributed by atoms with van der Waals surface area (Å²) in [5, 5.41) is 3.37. The fourth-order valence-corrected chi connectivity index (χ4v) is 7.97. The van der Waals surface area contributed by atoms with E-state index in [0.29, 0.717) is 48.7 Å². The van der Waals surface area contributed by atoms with Gasteiger partial charge in [0.15, 0.2) is 12.3 Å². The zero-order valence-electron chi connectivity index (χ0n) is 28.0. The number of benzene rings is 2. The number of ether oxygens (including phenoxy) is 2. The molecule has 2 heterocycles. The van der Waals surface area contributed by atoms with Gasteiger partial charge in [-0.1, -0.05) is 17.7 Å². The van der Waals surface area contributed by atoms with Crippen LogP contribution < -0.4 is 5.32 Å². The molecule has 2 aromatic carbocycles. The number of hydrogen-bond acceptors (Lipinski definition) is 9. The van der Waals surface area contributed by atoms with E-state index in [0.717, 1.165) is 17.0 Å². The number of methoxy groups -OCH3 is 2. The number of anilines is 1. The molecule has 0 aromatic heterocycles. The van der Waals surface area contributed by atoms with Crippen LogP contribution >= 0.6 is 0 Å². The molecule has 2 aliphatic heterocycles. The van der Waals surface area contributed by atoms with Crippen molar-refractivity contribution in [2.75, 3.05) is 45.0 Å². The predicted octanol–water partition coefficient (Wildman–Crippen LogP) is 4.66. The molecule has 0 aliphatic carbocycles. The molecule has 0 saturated carbocycles. The highest BCUT2D eigenvalue weighted by molar-refractivity contribution is 7.86. The van der Waals surface area contributed by atoms with Gasteiger partial charge in [0.1, 0.15) is 6.61 Å². The van der Waals surface area contributed by atoms with E-state index in [9.17, 15) is 38.9 Å². The maximum atomic E-state index is 12.1. The third kappa shape index (κ3) is 8.57. The number of nitrogens with one attached hydrogen (secondary N) is 1. The van der Waals surface area contributed by atoms with E-state index < -0.39 is 46.9 Å². The lowest BCUT2D eigenvalue weighted by atomic mass is 9.75. The van der Waals surface area contributed by atoms with Crippen molar-refractivity contribution in [1.29, 1.82) is 0 Å². The number of hydrogen-bond donors (Lipinski definition) is 4. The van der Waals surface area contributed by atoms with Crippen LogP contribution in [0.4, 0.5) is 11.4 Å². The van der Waals surface area contributed by atoms with Crippen LogP contribution in [-0.4, -0.2) is 88.9 Å². The lowest BCUT2D eigenvalue weighted by molar-refractivity contribution is -0.441. The normalized spacial score (nSPS) is 22.2. The smallest absolute Gasteiger partial charge is 0.294 e. The van der Waals surface area contributed by atoms with Crippen LogP contribution in [-0.2, 0) is 50.7 Å². The zero-order chi connectivity index (χ0) is 36.4. The average molecular weight is 740 g/mol. The van der Waals surface area contributed by atoms with Crippen LogP contribution in [0, 0.1) is 0 Å². The Hall–Kier alpha value is -3.22. The SMILES string of the molecule is COCC[N+]1=C(/C=C/C(C)=C/C=C2/Nc3ccc(S(=O)(=O)O)cc3C2(C)CCOC)C(C)(CCCS(=O)(=O)O)c2cc(S(=O)(=O)O)ccc21. The second-order valence-corrected chi connectivity index (χ2v) is 17.0. The van der Waals surface area contributed by atoms with Crippen LogP contribution in [0.1, 0.15) is 51.2 Å².